The van der Waals surface area contributed by atoms with Crippen molar-refractivity contribution in [2.24, 2.45) is 0 Å². The summed E-state index contributed by atoms with van der Waals surface area (Å²) in [7, 11) is 0. The van der Waals surface area contributed by atoms with Crippen molar-refractivity contribution in [1.29, 1.82) is 0 Å². The standard InChI is InChI=1S/C17H14Br2O2/c18-11-12-21-16-8-4-14(5-9-16)17(20)10-3-13-1-6-15(19)7-2-13/h1-10H,11-12H2/b10-3+. The van der Waals surface area contributed by atoms with Crippen molar-refractivity contribution in [2.45, 2.75) is 0 Å². The third-order valence-corrected chi connectivity index (χ3v) is 3.63. The van der Waals surface area contributed by atoms with Gasteiger partial charge >= 0.3 is 0 Å². The lowest BCUT2D eigenvalue weighted by Crippen LogP contribution is -1.99. The van der Waals surface area contributed by atoms with E-state index < -0.39 is 0 Å². The molecule has 0 saturated heterocycles. The van der Waals surface area contributed by atoms with E-state index in [1.165, 1.54) is 0 Å². The molecule has 0 radical (unpaired) electrons. The Balaban J connectivity index is 2.01. The van der Waals surface area contributed by atoms with Gasteiger partial charge in [0, 0.05) is 15.4 Å². The number of alkyl halides is 1. The van der Waals surface area contributed by atoms with Gasteiger partial charge in [-0.1, -0.05) is 50.1 Å². The Morgan fingerprint density at radius 2 is 1.71 bits per heavy atom. The van der Waals surface area contributed by atoms with Crippen LogP contribution < -0.4 is 4.74 Å². The quantitative estimate of drug-likeness (QED) is 0.376. The molecule has 0 aliphatic carbocycles. The molecule has 0 atom stereocenters. The summed E-state index contributed by atoms with van der Waals surface area (Å²) < 4.78 is 6.47. The number of carbonyl (C=O) groups excluding carboxylic acids is 1. The van der Waals surface area contributed by atoms with Gasteiger partial charge in [-0.15, -0.1) is 0 Å². The second-order valence-electron chi connectivity index (χ2n) is 4.31. The number of benzene rings is 2. The number of hydrogen-bond acceptors (Lipinski definition) is 2. The zero-order valence-corrected chi connectivity index (χ0v) is 14.4. The maximum atomic E-state index is 12.1. The summed E-state index contributed by atoms with van der Waals surface area (Å²) in [6.45, 7) is 0.608. The third-order valence-electron chi connectivity index (χ3n) is 2.78. The van der Waals surface area contributed by atoms with Crippen LogP contribution in [-0.4, -0.2) is 17.7 Å². The van der Waals surface area contributed by atoms with Crippen LogP contribution in [0.1, 0.15) is 15.9 Å². The zero-order chi connectivity index (χ0) is 15.1. The van der Waals surface area contributed by atoms with Crippen LogP contribution in [0.25, 0.3) is 6.08 Å². The molecule has 108 valence electrons. The lowest BCUT2D eigenvalue weighted by molar-refractivity contribution is 0.104. The highest BCUT2D eigenvalue weighted by Gasteiger charge is 2.02. The SMILES string of the molecule is O=C(/C=C/c1ccc(Br)cc1)c1ccc(OCCBr)cc1. The summed E-state index contributed by atoms with van der Waals surface area (Å²) >= 11 is 6.68. The molecule has 0 spiro atoms. The molecule has 0 aromatic heterocycles. The van der Waals surface area contributed by atoms with Crippen LogP contribution in [0.3, 0.4) is 0 Å². The Bertz CT molecular complexity index is 616. The van der Waals surface area contributed by atoms with E-state index in [9.17, 15) is 4.79 Å². The minimum atomic E-state index is -0.0232. The molecule has 0 aliphatic heterocycles. The number of carbonyl (C=O) groups is 1. The Morgan fingerprint density at radius 3 is 2.33 bits per heavy atom. The normalized spacial score (nSPS) is 10.8. The summed E-state index contributed by atoms with van der Waals surface area (Å²) in [5, 5.41) is 0.781. The molecule has 4 heteroatoms. The van der Waals surface area contributed by atoms with Crippen molar-refractivity contribution in [3.05, 3.63) is 70.2 Å². The largest absolute Gasteiger partial charge is 0.493 e. The molecule has 0 N–H and O–H groups in total. The van der Waals surface area contributed by atoms with E-state index in [1.54, 1.807) is 18.2 Å². The van der Waals surface area contributed by atoms with Crippen molar-refractivity contribution in [3.63, 3.8) is 0 Å². The first-order chi connectivity index (χ1) is 10.2. The molecule has 21 heavy (non-hydrogen) atoms. The van der Waals surface area contributed by atoms with E-state index in [-0.39, 0.29) is 5.78 Å². The predicted octanol–water partition coefficient (Wildman–Crippen LogP) is 5.12. The van der Waals surface area contributed by atoms with Crippen LogP contribution in [-0.2, 0) is 0 Å². The van der Waals surface area contributed by atoms with Crippen LogP contribution in [0.5, 0.6) is 5.75 Å². The Hall–Kier alpha value is -1.39. The van der Waals surface area contributed by atoms with Crippen molar-refractivity contribution in [3.8, 4) is 5.75 Å². The van der Waals surface area contributed by atoms with Crippen LogP contribution in [0.4, 0.5) is 0 Å². The van der Waals surface area contributed by atoms with Crippen molar-refractivity contribution >= 4 is 43.7 Å². The lowest BCUT2D eigenvalue weighted by atomic mass is 10.1. The molecular formula is C17H14Br2O2. The van der Waals surface area contributed by atoms with Gasteiger partial charge in [-0.05, 0) is 48.0 Å². The van der Waals surface area contributed by atoms with Crippen molar-refractivity contribution in [1.82, 2.24) is 0 Å². The summed E-state index contributed by atoms with van der Waals surface area (Å²) in [5.41, 5.74) is 1.64. The fourth-order valence-electron chi connectivity index (χ4n) is 1.71. The number of ketones is 1. The average molecular weight is 410 g/mol. The molecule has 0 unspecified atom stereocenters. The van der Waals surface area contributed by atoms with Gasteiger partial charge in [0.1, 0.15) is 5.75 Å². The van der Waals surface area contributed by atoms with Gasteiger partial charge in [-0.25, -0.2) is 0 Å². The topological polar surface area (TPSA) is 26.3 Å². The van der Waals surface area contributed by atoms with E-state index in [1.807, 2.05) is 42.5 Å². The third kappa shape index (κ3) is 5.14. The predicted molar refractivity (Wildman–Crippen MR) is 93.2 cm³/mol. The van der Waals surface area contributed by atoms with Crippen LogP contribution in [0.2, 0.25) is 0 Å². The molecule has 2 aromatic rings. The monoisotopic (exact) mass is 408 g/mol. The first-order valence-corrected chi connectivity index (χ1v) is 8.37. The van der Waals surface area contributed by atoms with Crippen molar-refractivity contribution < 1.29 is 9.53 Å². The summed E-state index contributed by atoms with van der Waals surface area (Å²) in [5.74, 6) is 0.743. The van der Waals surface area contributed by atoms with Gasteiger partial charge in [0.2, 0.25) is 0 Å². The van der Waals surface area contributed by atoms with Crippen molar-refractivity contribution in [2.75, 3.05) is 11.9 Å². The molecular weight excluding hydrogens is 396 g/mol. The Morgan fingerprint density at radius 1 is 1.05 bits per heavy atom. The van der Waals surface area contributed by atoms with Crippen LogP contribution in [0.15, 0.2) is 59.1 Å². The highest BCUT2D eigenvalue weighted by atomic mass is 79.9. The molecule has 0 heterocycles. The number of hydrogen-bond donors (Lipinski definition) is 0. The van der Waals surface area contributed by atoms with E-state index in [4.69, 9.17) is 4.74 Å². The fraction of sp³-hybridized carbons (Fsp3) is 0.118. The van der Waals surface area contributed by atoms with Gasteiger partial charge in [0.25, 0.3) is 0 Å². The second kappa shape index (κ2) is 8.15. The number of halogens is 2. The van der Waals surface area contributed by atoms with E-state index in [0.717, 1.165) is 21.1 Å². The van der Waals surface area contributed by atoms with Crippen LogP contribution >= 0.6 is 31.9 Å². The summed E-state index contributed by atoms with van der Waals surface area (Å²) in [6.07, 6.45) is 3.39. The lowest BCUT2D eigenvalue weighted by Gasteiger charge is -2.04. The smallest absolute Gasteiger partial charge is 0.185 e. The van der Waals surface area contributed by atoms with Gasteiger partial charge in [0.05, 0.1) is 6.61 Å². The maximum Gasteiger partial charge on any atom is 0.185 e. The average Bonchev–Trinajstić information content (AvgIpc) is 2.52. The number of allylic oxidation sites excluding steroid dienone is 1. The Labute approximate surface area is 141 Å². The fourth-order valence-corrected chi connectivity index (χ4v) is 2.14. The molecule has 0 saturated carbocycles. The molecule has 2 nitrogen and oxygen atoms in total. The highest BCUT2D eigenvalue weighted by Crippen LogP contribution is 2.15. The second-order valence-corrected chi connectivity index (χ2v) is 6.02. The summed E-state index contributed by atoms with van der Waals surface area (Å²) in [6, 6.07) is 15.0. The Kier molecular flexibility index (Phi) is 6.21. The van der Waals surface area contributed by atoms with Gasteiger partial charge in [-0.3, -0.25) is 4.79 Å². The minimum absolute atomic E-state index is 0.0232. The zero-order valence-electron chi connectivity index (χ0n) is 11.3. The van der Waals surface area contributed by atoms with Gasteiger partial charge < -0.3 is 4.74 Å². The molecule has 2 aromatic carbocycles. The highest BCUT2D eigenvalue weighted by molar-refractivity contribution is 9.10. The molecule has 0 bridgehead atoms. The van der Waals surface area contributed by atoms with E-state index >= 15 is 0 Å². The maximum absolute atomic E-state index is 12.1. The van der Waals surface area contributed by atoms with E-state index in [2.05, 4.69) is 31.9 Å². The van der Waals surface area contributed by atoms with E-state index in [0.29, 0.717) is 12.2 Å². The molecule has 0 fully saturated rings. The molecule has 0 amide bonds. The first kappa shape index (κ1) is 16.0. The molecule has 2 rings (SSSR count). The summed E-state index contributed by atoms with van der Waals surface area (Å²) in [4.78, 5) is 12.1. The number of rotatable bonds is 6. The number of ether oxygens (including phenoxy) is 1. The van der Waals surface area contributed by atoms with Gasteiger partial charge in [-0.2, -0.15) is 0 Å². The first-order valence-electron chi connectivity index (χ1n) is 6.46. The van der Waals surface area contributed by atoms with Crippen LogP contribution in [0, 0.1) is 0 Å². The minimum Gasteiger partial charge on any atom is -0.493 e. The van der Waals surface area contributed by atoms with Gasteiger partial charge in [0.15, 0.2) is 5.78 Å². The molecule has 0 aliphatic rings.